The van der Waals surface area contributed by atoms with Gasteiger partial charge in [-0.2, -0.15) is 0 Å². The molecule has 3 rings (SSSR count). The maximum atomic E-state index is 11.5. The zero-order valence-corrected chi connectivity index (χ0v) is 20.6. The monoisotopic (exact) mass is 543 g/mol. The summed E-state index contributed by atoms with van der Waals surface area (Å²) < 4.78 is 29.0. The van der Waals surface area contributed by atoms with E-state index < -0.39 is 9.84 Å². The van der Waals surface area contributed by atoms with Crippen LogP contribution in [-0.2, 0) is 22.8 Å². The largest absolute Gasteiger partial charge is 0.493 e. The number of hydrogen-bond donors (Lipinski definition) is 2. The Labute approximate surface area is 196 Å². The van der Waals surface area contributed by atoms with Crippen LogP contribution in [0, 0.1) is 5.92 Å². The quantitative estimate of drug-likeness (QED) is 0.288. The van der Waals surface area contributed by atoms with Gasteiger partial charge in [0, 0.05) is 32.0 Å². The molecule has 2 N–H and O–H groups in total. The van der Waals surface area contributed by atoms with Gasteiger partial charge in [-0.05, 0) is 48.9 Å². The normalized spacial score (nSPS) is 14.0. The molecule has 6 nitrogen and oxygen atoms in total. The SMILES string of the molecule is CN=C(NCCc1ccc(S(C)(=O)=O)cc1)NCc1ccccc1OCC1CC1.I. The molecular weight excluding hydrogens is 513 g/mol. The summed E-state index contributed by atoms with van der Waals surface area (Å²) in [4.78, 5) is 4.61. The van der Waals surface area contributed by atoms with Crippen molar-refractivity contribution < 1.29 is 13.2 Å². The molecule has 0 bridgehead atoms. The van der Waals surface area contributed by atoms with Crippen LogP contribution in [-0.4, -0.2) is 40.8 Å². The van der Waals surface area contributed by atoms with Gasteiger partial charge in [-0.3, -0.25) is 4.99 Å². The van der Waals surface area contributed by atoms with Crippen LogP contribution in [0.2, 0.25) is 0 Å². The van der Waals surface area contributed by atoms with Gasteiger partial charge in [0.15, 0.2) is 15.8 Å². The van der Waals surface area contributed by atoms with E-state index in [1.807, 2.05) is 30.3 Å². The Kier molecular flexibility index (Phi) is 9.41. The van der Waals surface area contributed by atoms with Crippen molar-refractivity contribution in [2.75, 3.05) is 26.5 Å². The summed E-state index contributed by atoms with van der Waals surface area (Å²) in [5, 5.41) is 6.62. The average molecular weight is 543 g/mol. The molecule has 0 atom stereocenters. The fraction of sp³-hybridized carbons (Fsp3) is 0.409. The van der Waals surface area contributed by atoms with Crippen molar-refractivity contribution in [3.05, 3.63) is 59.7 Å². The second-order valence-electron chi connectivity index (χ2n) is 7.38. The molecule has 30 heavy (non-hydrogen) atoms. The van der Waals surface area contributed by atoms with E-state index in [-0.39, 0.29) is 24.0 Å². The van der Waals surface area contributed by atoms with Crippen molar-refractivity contribution >= 4 is 39.8 Å². The van der Waals surface area contributed by atoms with E-state index >= 15 is 0 Å². The maximum absolute atomic E-state index is 11.5. The summed E-state index contributed by atoms with van der Waals surface area (Å²) in [5.41, 5.74) is 2.17. The van der Waals surface area contributed by atoms with Crippen molar-refractivity contribution in [2.45, 2.75) is 30.7 Å². The second kappa shape index (κ2) is 11.5. The summed E-state index contributed by atoms with van der Waals surface area (Å²) in [6.07, 6.45) is 4.53. The highest BCUT2D eigenvalue weighted by molar-refractivity contribution is 14.0. The lowest BCUT2D eigenvalue weighted by atomic mass is 10.1. The van der Waals surface area contributed by atoms with Crippen LogP contribution in [0.3, 0.4) is 0 Å². The zero-order chi connectivity index (χ0) is 20.7. The van der Waals surface area contributed by atoms with E-state index in [4.69, 9.17) is 4.74 Å². The standard InChI is InChI=1S/C22H29N3O3S.HI/c1-23-22(24-14-13-17-9-11-20(12-10-17)29(2,26)27)25-15-19-5-3-4-6-21(19)28-16-18-7-8-18;/h3-6,9-12,18H,7-8,13-16H2,1-2H3,(H2,23,24,25);1H. The second-order valence-corrected chi connectivity index (χ2v) is 9.40. The number of sulfone groups is 1. The minimum Gasteiger partial charge on any atom is -0.493 e. The number of hydrogen-bond acceptors (Lipinski definition) is 4. The summed E-state index contributed by atoms with van der Waals surface area (Å²) in [6, 6.07) is 15.1. The van der Waals surface area contributed by atoms with E-state index in [0.29, 0.717) is 18.0 Å². The molecule has 1 aliphatic rings. The van der Waals surface area contributed by atoms with Crippen LogP contribution in [0.5, 0.6) is 5.75 Å². The number of guanidine groups is 1. The van der Waals surface area contributed by atoms with Gasteiger partial charge >= 0.3 is 0 Å². The summed E-state index contributed by atoms with van der Waals surface area (Å²) >= 11 is 0. The van der Waals surface area contributed by atoms with Crippen LogP contribution in [0.1, 0.15) is 24.0 Å². The Bertz CT molecular complexity index is 942. The van der Waals surface area contributed by atoms with Gasteiger partial charge in [0.05, 0.1) is 11.5 Å². The Morgan fingerprint density at radius 2 is 1.80 bits per heavy atom. The predicted molar refractivity (Wildman–Crippen MR) is 132 cm³/mol. The lowest BCUT2D eigenvalue weighted by molar-refractivity contribution is 0.296. The fourth-order valence-electron chi connectivity index (χ4n) is 2.91. The molecule has 0 heterocycles. The third kappa shape index (κ3) is 7.79. The minimum atomic E-state index is -3.16. The first kappa shape index (κ1) is 24.5. The number of rotatable bonds is 9. The topological polar surface area (TPSA) is 79.8 Å². The number of nitrogens with zero attached hydrogens (tertiary/aromatic N) is 1. The highest BCUT2D eigenvalue weighted by Gasteiger charge is 2.22. The predicted octanol–water partition coefficient (Wildman–Crippen LogP) is 3.40. The van der Waals surface area contributed by atoms with Crippen LogP contribution >= 0.6 is 24.0 Å². The molecule has 1 fully saturated rings. The molecule has 0 amide bonds. The first-order valence-electron chi connectivity index (χ1n) is 9.90. The van der Waals surface area contributed by atoms with E-state index in [2.05, 4.69) is 21.7 Å². The van der Waals surface area contributed by atoms with Crippen molar-refractivity contribution in [1.82, 2.24) is 10.6 Å². The molecule has 2 aromatic carbocycles. The first-order chi connectivity index (χ1) is 14.0. The Hall–Kier alpha value is -1.81. The fourth-order valence-corrected chi connectivity index (χ4v) is 3.54. The Morgan fingerprint density at radius 3 is 2.43 bits per heavy atom. The number of nitrogens with one attached hydrogen (secondary N) is 2. The summed E-state index contributed by atoms with van der Waals surface area (Å²) in [6.45, 7) is 2.11. The van der Waals surface area contributed by atoms with Gasteiger partial charge in [0.1, 0.15) is 5.75 Å². The third-order valence-electron chi connectivity index (χ3n) is 4.87. The number of halogens is 1. The minimum absolute atomic E-state index is 0. The number of para-hydroxylation sites is 1. The maximum Gasteiger partial charge on any atom is 0.191 e. The van der Waals surface area contributed by atoms with E-state index in [1.165, 1.54) is 19.1 Å². The van der Waals surface area contributed by atoms with Crippen LogP contribution < -0.4 is 15.4 Å². The highest BCUT2D eigenvalue weighted by Crippen LogP contribution is 2.30. The molecular formula is C22H30IN3O3S. The van der Waals surface area contributed by atoms with Crippen LogP contribution in [0.4, 0.5) is 0 Å². The molecule has 0 unspecified atom stereocenters. The molecule has 0 aliphatic heterocycles. The zero-order valence-electron chi connectivity index (χ0n) is 17.4. The molecule has 0 aromatic heterocycles. The number of benzene rings is 2. The Balaban J connectivity index is 0.00000320. The number of aliphatic imine (C=N–C) groups is 1. The van der Waals surface area contributed by atoms with Gasteiger partial charge in [0.2, 0.25) is 0 Å². The van der Waals surface area contributed by atoms with Gasteiger partial charge < -0.3 is 15.4 Å². The summed E-state index contributed by atoms with van der Waals surface area (Å²) in [7, 11) is -1.41. The van der Waals surface area contributed by atoms with Gasteiger partial charge in [-0.1, -0.05) is 30.3 Å². The van der Waals surface area contributed by atoms with Crippen LogP contribution in [0.15, 0.2) is 58.4 Å². The van der Waals surface area contributed by atoms with Crippen molar-refractivity contribution in [1.29, 1.82) is 0 Å². The molecule has 0 radical (unpaired) electrons. The van der Waals surface area contributed by atoms with E-state index in [0.717, 1.165) is 41.8 Å². The molecule has 0 saturated heterocycles. The molecule has 0 spiro atoms. The van der Waals surface area contributed by atoms with E-state index in [9.17, 15) is 8.42 Å². The van der Waals surface area contributed by atoms with Crippen LogP contribution in [0.25, 0.3) is 0 Å². The summed E-state index contributed by atoms with van der Waals surface area (Å²) in [5.74, 6) is 2.36. The van der Waals surface area contributed by atoms with Gasteiger partial charge in [0.25, 0.3) is 0 Å². The van der Waals surface area contributed by atoms with Gasteiger partial charge in [-0.15, -0.1) is 24.0 Å². The van der Waals surface area contributed by atoms with Crippen molar-refractivity contribution in [3.63, 3.8) is 0 Å². The lowest BCUT2D eigenvalue weighted by Gasteiger charge is -2.15. The lowest BCUT2D eigenvalue weighted by Crippen LogP contribution is -2.37. The first-order valence-corrected chi connectivity index (χ1v) is 11.8. The van der Waals surface area contributed by atoms with E-state index in [1.54, 1.807) is 19.2 Å². The van der Waals surface area contributed by atoms with Crippen molar-refractivity contribution in [2.24, 2.45) is 10.9 Å². The molecule has 8 heteroatoms. The number of ether oxygens (including phenoxy) is 1. The molecule has 1 saturated carbocycles. The molecule has 2 aromatic rings. The molecule has 164 valence electrons. The Morgan fingerprint density at radius 1 is 1.10 bits per heavy atom. The van der Waals surface area contributed by atoms with Crippen molar-refractivity contribution in [3.8, 4) is 5.75 Å². The smallest absolute Gasteiger partial charge is 0.191 e. The van der Waals surface area contributed by atoms with Gasteiger partial charge in [-0.25, -0.2) is 8.42 Å². The highest BCUT2D eigenvalue weighted by atomic mass is 127. The third-order valence-corrected chi connectivity index (χ3v) is 6.00. The molecule has 1 aliphatic carbocycles. The average Bonchev–Trinajstić information content (AvgIpc) is 3.54.